The second-order valence-electron chi connectivity index (χ2n) is 7.28. The van der Waals surface area contributed by atoms with Crippen molar-refractivity contribution in [2.45, 2.75) is 25.8 Å². The monoisotopic (exact) mass is 338 g/mol. The van der Waals surface area contributed by atoms with Crippen LogP contribution in [-0.4, -0.2) is 86.7 Å². The standard InChI is InChI=1S/C17H30N4O3/c1-13-2-3-18-11-15(13)19-17(23)14-10-16(22)21(12-14)5-4-20-6-8-24-9-7-20/h13-15,18H,2-12H2,1H3,(H,19,23). The summed E-state index contributed by atoms with van der Waals surface area (Å²) >= 11 is 0. The van der Waals surface area contributed by atoms with Crippen LogP contribution in [0.5, 0.6) is 0 Å². The number of carbonyl (C=O) groups is 2. The van der Waals surface area contributed by atoms with Gasteiger partial charge < -0.3 is 20.3 Å². The number of morpholine rings is 1. The minimum Gasteiger partial charge on any atom is -0.379 e. The number of nitrogens with zero attached hydrogens (tertiary/aromatic N) is 2. The van der Waals surface area contributed by atoms with Crippen LogP contribution >= 0.6 is 0 Å². The fourth-order valence-electron chi connectivity index (χ4n) is 3.73. The molecular weight excluding hydrogens is 308 g/mol. The van der Waals surface area contributed by atoms with Gasteiger partial charge in [-0.3, -0.25) is 14.5 Å². The van der Waals surface area contributed by atoms with Crippen LogP contribution in [0.15, 0.2) is 0 Å². The Morgan fingerprint density at radius 3 is 2.88 bits per heavy atom. The highest BCUT2D eigenvalue weighted by atomic mass is 16.5. The minimum atomic E-state index is -0.198. The maximum Gasteiger partial charge on any atom is 0.225 e. The second-order valence-corrected chi connectivity index (χ2v) is 7.28. The van der Waals surface area contributed by atoms with Crippen molar-refractivity contribution in [2.24, 2.45) is 11.8 Å². The Morgan fingerprint density at radius 2 is 2.12 bits per heavy atom. The highest BCUT2D eigenvalue weighted by Crippen LogP contribution is 2.19. The van der Waals surface area contributed by atoms with Crippen molar-refractivity contribution < 1.29 is 14.3 Å². The molecule has 3 atom stereocenters. The Labute approximate surface area is 144 Å². The molecule has 0 aromatic rings. The zero-order valence-electron chi connectivity index (χ0n) is 14.6. The first-order valence-corrected chi connectivity index (χ1v) is 9.22. The van der Waals surface area contributed by atoms with E-state index in [9.17, 15) is 9.59 Å². The van der Waals surface area contributed by atoms with Crippen molar-refractivity contribution in [3.05, 3.63) is 0 Å². The number of likely N-dealkylation sites (tertiary alicyclic amines) is 1. The van der Waals surface area contributed by atoms with Crippen LogP contribution in [0.3, 0.4) is 0 Å². The number of piperidine rings is 1. The minimum absolute atomic E-state index is 0.0396. The largest absolute Gasteiger partial charge is 0.379 e. The van der Waals surface area contributed by atoms with Crippen LogP contribution in [0.25, 0.3) is 0 Å². The highest BCUT2D eigenvalue weighted by molar-refractivity contribution is 5.89. The summed E-state index contributed by atoms with van der Waals surface area (Å²) in [5, 5.41) is 6.48. The van der Waals surface area contributed by atoms with E-state index in [4.69, 9.17) is 4.74 Å². The molecule has 0 saturated carbocycles. The second kappa shape index (κ2) is 8.27. The molecule has 3 rings (SSSR count). The number of nitrogens with one attached hydrogen (secondary N) is 2. The van der Waals surface area contributed by atoms with E-state index in [0.717, 1.165) is 52.4 Å². The molecule has 3 saturated heterocycles. The predicted octanol–water partition coefficient (Wildman–Crippen LogP) is -0.719. The smallest absolute Gasteiger partial charge is 0.225 e. The fraction of sp³-hybridized carbons (Fsp3) is 0.882. The van der Waals surface area contributed by atoms with Gasteiger partial charge in [0.05, 0.1) is 19.1 Å². The summed E-state index contributed by atoms with van der Waals surface area (Å²) in [5.41, 5.74) is 0. The van der Waals surface area contributed by atoms with Crippen molar-refractivity contribution in [1.82, 2.24) is 20.4 Å². The van der Waals surface area contributed by atoms with E-state index in [1.54, 1.807) is 0 Å². The van der Waals surface area contributed by atoms with Gasteiger partial charge in [0, 0.05) is 51.7 Å². The van der Waals surface area contributed by atoms with Crippen LogP contribution in [0, 0.1) is 11.8 Å². The first kappa shape index (κ1) is 17.6. The number of ether oxygens (including phenoxy) is 1. The molecule has 0 aliphatic carbocycles. The number of carbonyl (C=O) groups excluding carboxylic acids is 2. The summed E-state index contributed by atoms with van der Waals surface area (Å²) in [7, 11) is 0. The van der Waals surface area contributed by atoms with Gasteiger partial charge in [0.15, 0.2) is 0 Å². The predicted molar refractivity (Wildman–Crippen MR) is 90.5 cm³/mol. The molecule has 0 aromatic heterocycles. The summed E-state index contributed by atoms with van der Waals surface area (Å²) in [6.07, 6.45) is 1.43. The maximum absolute atomic E-state index is 12.5. The molecule has 3 unspecified atom stereocenters. The van der Waals surface area contributed by atoms with E-state index in [1.807, 2.05) is 4.90 Å². The molecule has 3 heterocycles. The molecule has 136 valence electrons. The van der Waals surface area contributed by atoms with Crippen molar-refractivity contribution in [1.29, 1.82) is 0 Å². The van der Waals surface area contributed by atoms with Crippen molar-refractivity contribution >= 4 is 11.8 Å². The van der Waals surface area contributed by atoms with E-state index < -0.39 is 0 Å². The zero-order chi connectivity index (χ0) is 16.9. The third-order valence-electron chi connectivity index (χ3n) is 5.53. The lowest BCUT2D eigenvalue weighted by atomic mass is 9.94. The van der Waals surface area contributed by atoms with Gasteiger partial charge in [0.2, 0.25) is 11.8 Å². The van der Waals surface area contributed by atoms with Crippen LogP contribution in [0.2, 0.25) is 0 Å². The van der Waals surface area contributed by atoms with E-state index >= 15 is 0 Å². The van der Waals surface area contributed by atoms with Crippen LogP contribution < -0.4 is 10.6 Å². The first-order chi connectivity index (χ1) is 11.6. The van der Waals surface area contributed by atoms with E-state index in [-0.39, 0.29) is 23.8 Å². The Morgan fingerprint density at radius 1 is 1.33 bits per heavy atom. The fourth-order valence-corrected chi connectivity index (χ4v) is 3.73. The molecular formula is C17H30N4O3. The van der Waals surface area contributed by atoms with Crippen LogP contribution in [-0.2, 0) is 14.3 Å². The molecule has 0 spiro atoms. The highest BCUT2D eigenvalue weighted by Gasteiger charge is 2.35. The lowest BCUT2D eigenvalue weighted by Gasteiger charge is -2.31. The van der Waals surface area contributed by atoms with Gasteiger partial charge in [-0.1, -0.05) is 6.92 Å². The van der Waals surface area contributed by atoms with Gasteiger partial charge in [-0.05, 0) is 18.9 Å². The maximum atomic E-state index is 12.5. The lowest BCUT2D eigenvalue weighted by Crippen LogP contribution is -2.51. The molecule has 2 N–H and O–H groups in total. The molecule has 3 aliphatic rings. The summed E-state index contributed by atoms with van der Waals surface area (Å²) in [6.45, 7) is 9.57. The van der Waals surface area contributed by atoms with Gasteiger partial charge >= 0.3 is 0 Å². The van der Waals surface area contributed by atoms with E-state index in [0.29, 0.717) is 25.4 Å². The topological polar surface area (TPSA) is 73.9 Å². The normalized spacial score (nSPS) is 32.1. The summed E-state index contributed by atoms with van der Waals surface area (Å²) in [5.74, 6) is 0.442. The number of hydrogen-bond acceptors (Lipinski definition) is 5. The number of amides is 2. The Balaban J connectivity index is 1.44. The van der Waals surface area contributed by atoms with Gasteiger partial charge in [-0.15, -0.1) is 0 Å². The molecule has 2 amide bonds. The number of rotatable bonds is 5. The Kier molecular flexibility index (Phi) is 6.08. The van der Waals surface area contributed by atoms with Gasteiger partial charge in [-0.25, -0.2) is 0 Å². The average molecular weight is 338 g/mol. The van der Waals surface area contributed by atoms with Crippen molar-refractivity contribution in [3.8, 4) is 0 Å². The average Bonchev–Trinajstić information content (AvgIpc) is 2.97. The van der Waals surface area contributed by atoms with Gasteiger partial charge in [0.1, 0.15) is 0 Å². The summed E-state index contributed by atoms with van der Waals surface area (Å²) < 4.78 is 5.34. The van der Waals surface area contributed by atoms with E-state index in [2.05, 4.69) is 22.5 Å². The van der Waals surface area contributed by atoms with Gasteiger partial charge in [-0.2, -0.15) is 0 Å². The summed E-state index contributed by atoms with van der Waals surface area (Å²) in [4.78, 5) is 28.9. The van der Waals surface area contributed by atoms with Crippen molar-refractivity contribution in [2.75, 3.05) is 59.0 Å². The van der Waals surface area contributed by atoms with Gasteiger partial charge in [0.25, 0.3) is 0 Å². The molecule has 3 aliphatic heterocycles. The Hall–Kier alpha value is -1.18. The molecule has 0 radical (unpaired) electrons. The third kappa shape index (κ3) is 4.46. The van der Waals surface area contributed by atoms with Crippen LogP contribution in [0.1, 0.15) is 19.8 Å². The molecule has 0 bridgehead atoms. The Bertz CT molecular complexity index is 453. The molecule has 24 heavy (non-hydrogen) atoms. The molecule has 0 aromatic carbocycles. The molecule has 7 nitrogen and oxygen atoms in total. The van der Waals surface area contributed by atoms with Crippen LogP contribution in [0.4, 0.5) is 0 Å². The lowest BCUT2D eigenvalue weighted by molar-refractivity contribution is -0.129. The first-order valence-electron chi connectivity index (χ1n) is 9.22. The van der Waals surface area contributed by atoms with Crippen molar-refractivity contribution in [3.63, 3.8) is 0 Å². The summed E-state index contributed by atoms with van der Waals surface area (Å²) in [6, 6.07) is 0.184. The molecule has 3 fully saturated rings. The molecule has 7 heteroatoms. The number of hydrogen-bond donors (Lipinski definition) is 2. The SMILES string of the molecule is CC1CCNCC1NC(=O)C1CC(=O)N(CCN2CCOCC2)C1. The quantitative estimate of drug-likeness (QED) is 0.692. The zero-order valence-corrected chi connectivity index (χ0v) is 14.6. The van der Waals surface area contributed by atoms with E-state index in [1.165, 1.54) is 0 Å². The third-order valence-corrected chi connectivity index (χ3v) is 5.53.